The van der Waals surface area contributed by atoms with Gasteiger partial charge >= 0.3 is 0 Å². The highest BCUT2D eigenvalue weighted by Crippen LogP contribution is 2.28. The first-order valence-corrected chi connectivity index (χ1v) is 7.39. The number of hydrogen-bond acceptors (Lipinski definition) is 2. The summed E-state index contributed by atoms with van der Waals surface area (Å²) in [4.78, 5) is 0. The summed E-state index contributed by atoms with van der Waals surface area (Å²) in [6, 6.07) is 9.31. The molecule has 0 atom stereocenters. The molecule has 1 N–H and O–H groups in total. The van der Waals surface area contributed by atoms with Crippen molar-refractivity contribution >= 4 is 15.9 Å². The molecule has 2 aromatic rings. The molecule has 0 bridgehead atoms. The molecular formula is C16H16BrF2NO. The number of ether oxygens (including phenoxy) is 1. The van der Waals surface area contributed by atoms with Gasteiger partial charge in [0, 0.05) is 12.6 Å². The van der Waals surface area contributed by atoms with E-state index in [9.17, 15) is 8.78 Å². The van der Waals surface area contributed by atoms with Crippen LogP contribution in [0.4, 0.5) is 8.78 Å². The van der Waals surface area contributed by atoms with Gasteiger partial charge in [-0.05, 0) is 51.8 Å². The Balaban J connectivity index is 2.11. The molecule has 0 radical (unpaired) electrons. The molecule has 0 saturated heterocycles. The largest absolute Gasteiger partial charge is 0.454 e. The molecule has 112 valence electrons. The Morgan fingerprint density at radius 1 is 1.10 bits per heavy atom. The van der Waals surface area contributed by atoms with Crippen molar-refractivity contribution in [3.63, 3.8) is 0 Å². The van der Waals surface area contributed by atoms with Crippen LogP contribution in [0.5, 0.6) is 11.5 Å². The van der Waals surface area contributed by atoms with Crippen molar-refractivity contribution in [2.45, 2.75) is 26.4 Å². The van der Waals surface area contributed by atoms with Crippen LogP contribution in [0.25, 0.3) is 0 Å². The second-order valence-corrected chi connectivity index (χ2v) is 5.83. The van der Waals surface area contributed by atoms with Crippen LogP contribution >= 0.6 is 15.9 Å². The third-order valence-electron chi connectivity index (χ3n) is 2.83. The summed E-state index contributed by atoms with van der Waals surface area (Å²) >= 11 is 3.07. The van der Waals surface area contributed by atoms with E-state index in [1.165, 1.54) is 24.3 Å². The van der Waals surface area contributed by atoms with Gasteiger partial charge in [0.1, 0.15) is 11.6 Å². The number of benzene rings is 2. The van der Waals surface area contributed by atoms with Gasteiger partial charge in [-0.1, -0.05) is 19.9 Å². The monoisotopic (exact) mass is 355 g/mol. The predicted octanol–water partition coefficient (Wildman–Crippen LogP) is 5.02. The minimum absolute atomic E-state index is 0.113. The molecule has 21 heavy (non-hydrogen) atoms. The molecule has 2 rings (SSSR count). The minimum atomic E-state index is -0.446. The number of halogens is 3. The second-order valence-electron chi connectivity index (χ2n) is 4.98. The number of nitrogens with one attached hydrogen (secondary N) is 1. The Bertz CT molecular complexity index is 632. The average Bonchev–Trinajstić information content (AvgIpc) is 2.43. The lowest BCUT2D eigenvalue weighted by Gasteiger charge is -2.11. The third-order valence-corrected chi connectivity index (χ3v) is 3.44. The lowest BCUT2D eigenvalue weighted by Crippen LogP contribution is -2.21. The van der Waals surface area contributed by atoms with E-state index in [0.29, 0.717) is 18.3 Å². The molecule has 0 heterocycles. The molecule has 0 aliphatic heterocycles. The van der Waals surface area contributed by atoms with Crippen LogP contribution in [-0.2, 0) is 6.54 Å². The Morgan fingerprint density at radius 3 is 2.48 bits per heavy atom. The molecule has 5 heteroatoms. The maximum Gasteiger partial charge on any atom is 0.166 e. The number of hydrogen-bond donors (Lipinski definition) is 1. The minimum Gasteiger partial charge on any atom is -0.454 e. The van der Waals surface area contributed by atoms with Crippen LogP contribution in [0.3, 0.4) is 0 Å². The maximum atomic E-state index is 14.0. The topological polar surface area (TPSA) is 21.3 Å². The van der Waals surface area contributed by atoms with Gasteiger partial charge in [-0.3, -0.25) is 0 Å². The molecule has 2 nitrogen and oxygen atoms in total. The summed E-state index contributed by atoms with van der Waals surface area (Å²) < 4.78 is 32.8. The molecular weight excluding hydrogens is 340 g/mol. The van der Waals surface area contributed by atoms with Crippen molar-refractivity contribution in [1.29, 1.82) is 0 Å². The molecule has 0 unspecified atom stereocenters. The highest BCUT2D eigenvalue weighted by Gasteiger charge is 2.08. The van der Waals surface area contributed by atoms with E-state index in [2.05, 4.69) is 21.2 Å². The lowest BCUT2D eigenvalue weighted by atomic mass is 10.2. The highest BCUT2D eigenvalue weighted by atomic mass is 79.9. The van der Waals surface area contributed by atoms with Crippen molar-refractivity contribution in [2.24, 2.45) is 0 Å². The van der Waals surface area contributed by atoms with E-state index in [1.807, 2.05) is 13.8 Å². The molecule has 0 amide bonds. The molecule has 2 aromatic carbocycles. The molecule has 0 aliphatic carbocycles. The summed E-state index contributed by atoms with van der Waals surface area (Å²) in [6.07, 6.45) is 0. The number of rotatable bonds is 5. The molecule has 0 aliphatic rings. The maximum absolute atomic E-state index is 14.0. The normalized spacial score (nSPS) is 11.0. The van der Waals surface area contributed by atoms with Crippen molar-refractivity contribution in [2.75, 3.05) is 0 Å². The fraction of sp³-hybridized carbons (Fsp3) is 0.250. The van der Waals surface area contributed by atoms with Gasteiger partial charge in [-0.25, -0.2) is 8.78 Å². The van der Waals surface area contributed by atoms with E-state index in [4.69, 9.17) is 4.74 Å². The summed E-state index contributed by atoms with van der Waals surface area (Å²) in [7, 11) is 0. The van der Waals surface area contributed by atoms with E-state index in [0.717, 1.165) is 5.56 Å². The Hall–Kier alpha value is -1.46. The second kappa shape index (κ2) is 7.00. The fourth-order valence-electron chi connectivity index (χ4n) is 1.73. The van der Waals surface area contributed by atoms with Crippen molar-refractivity contribution in [3.8, 4) is 11.5 Å². The first-order valence-electron chi connectivity index (χ1n) is 6.60. The van der Waals surface area contributed by atoms with Gasteiger partial charge in [0.25, 0.3) is 0 Å². The predicted molar refractivity (Wildman–Crippen MR) is 82.5 cm³/mol. The molecule has 0 aromatic heterocycles. The van der Waals surface area contributed by atoms with Gasteiger partial charge < -0.3 is 10.1 Å². The van der Waals surface area contributed by atoms with Gasteiger partial charge in [0.05, 0.1) is 4.47 Å². The first-order chi connectivity index (χ1) is 9.95. The summed E-state index contributed by atoms with van der Waals surface area (Å²) in [5.74, 6) is -0.353. The SMILES string of the molecule is CC(C)NCc1ccc(Oc2ccc(F)c(Br)c2)c(F)c1. The fourth-order valence-corrected chi connectivity index (χ4v) is 2.08. The Labute approximate surface area is 131 Å². The van der Waals surface area contributed by atoms with E-state index in [1.54, 1.807) is 12.1 Å². The van der Waals surface area contributed by atoms with Crippen LogP contribution < -0.4 is 10.1 Å². The van der Waals surface area contributed by atoms with Crippen molar-refractivity contribution < 1.29 is 13.5 Å². The average molecular weight is 356 g/mol. The quantitative estimate of drug-likeness (QED) is 0.813. The molecule has 0 saturated carbocycles. The van der Waals surface area contributed by atoms with Gasteiger partial charge in [0.15, 0.2) is 11.6 Å². The zero-order chi connectivity index (χ0) is 15.4. The Morgan fingerprint density at radius 2 is 1.86 bits per heavy atom. The summed E-state index contributed by atoms with van der Waals surface area (Å²) in [5.41, 5.74) is 0.842. The van der Waals surface area contributed by atoms with Gasteiger partial charge in [0.2, 0.25) is 0 Å². The van der Waals surface area contributed by atoms with E-state index in [-0.39, 0.29) is 10.2 Å². The third kappa shape index (κ3) is 4.51. The van der Waals surface area contributed by atoms with Crippen LogP contribution in [-0.4, -0.2) is 6.04 Å². The van der Waals surface area contributed by atoms with Crippen LogP contribution in [0.15, 0.2) is 40.9 Å². The molecule has 0 fully saturated rings. The van der Waals surface area contributed by atoms with Crippen LogP contribution in [0.2, 0.25) is 0 Å². The van der Waals surface area contributed by atoms with E-state index >= 15 is 0 Å². The standard InChI is InChI=1S/C16H16BrF2NO/c1-10(2)20-9-11-3-6-16(15(19)7-11)21-12-4-5-14(18)13(17)8-12/h3-8,10,20H,9H2,1-2H3. The van der Waals surface area contributed by atoms with Gasteiger partial charge in [-0.15, -0.1) is 0 Å². The summed E-state index contributed by atoms with van der Waals surface area (Å²) in [5, 5.41) is 3.22. The highest BCUT2D eigenvalue weighted by molar-refractivity contribution is 9.10. The summed E-state index contributed by atoms with van der Waals surface area (Å²) in [6.45, 7) is 4.65. The molecule has 0 spiro atoms. The smallest absolute Gasteiger partial charge is 0.166 e. The van der Waals surface area contributed by atoms with Crippen molar-refractivity contribution in [3.05, 3.63) is 58.1 Å². The first kappa shape index (κ1) is 15.9. The van der Waals surface area contributed by atoms with Crippen LogP contribution in [0, 0.1) is 11.6 Å². The van der Waals surface area contributed by atoms with E-state index < -0.39 is 11.6 Å². The lowest BCUT2D eigenvalue weighted by molar-refractivity contribution is 0.439. The van der Waals surface area contributed by atoms with Crippen molar-refractivity contribution in [1.82, 2.24) is 5.32 Å². The van der Waals surface area contributed by atoms with Crippen LogP contribution in [0.1, 0.15) is 19.4 Å². The van der Waals surface area contributed by atoms with Gasteiger partial charge in [-0.2, -0.15) is 0 Å². The zero-order valence-electron chi connectivity index (χ0n) is 11.8. The Kier molecular flexibility index (Phi) is 5.31. The zero-order valence-corrected chi connectivity index (χ0v) is 13.4.